The second kappa shape index (κ2) is 8.77. The Balaban J connectivity index is 1.59. The van der Waals surface area contributed by atoms with Gasteiger partial charge in [0.2, 0.25) is 0 Å². The lowest BCUT2D eigenvalue weighted by molar-refractivity contribution is 0.669. The molecule has 3 nitrogen and oxygen atoms in total. The largest absolute Gasteiger partial charge is 0.456 e. The van der Waals surface area contributed by atoms with E-state index < -0.39 is 0 Å². The molecule has 0 radical (unpaired) electrons. The van der Waals surface area contributed by atoms with Gasteiger partial charge in [0.1, 0.15) is 11.2 Å². The quantitative estimate of drug-likeness (QED) is 0.228. The standard InChI is InChI=1S/C35H24N2O/c1-3-24-13-7-10-18-30(24)36-35(25-14-5-4-6-15-25)23(2)37-31-19-11-8-16-26(31)28-21-29-27-17-9-12-20-33(27)38-34(29)22-32(28)37/h4-22H,1H2,2H3/b35-23+,36-30-. The van der Waals surface area contributed by atoms with Gasteiger partial charge < -0.3 is 8.98 Å². The Bertz CT molecular complexity index is 2070. The number of hydrogen-bond donors (Lipinski definition) is 0. The van der Waals surface area contributed by atoms with Crippen LogP contribution in [-0.2, 0) is 0 Å². The van der Waals surface area contributed by atoms with Gasteiger partial charge in [-0.1, -0.05) is 85.5 Å². The SMILES string of the molecule is C=C=C1C=CC=C/C1=N/C(=C(\C)n1c2ccccc2c2cc3c(cc21)oc1ccccc13)c1ccccc1. The molecular weight excluding hydrogens is 464 g/mol. The molecule has 0 amide bonds. The fourth-order valence-electron chi connectivity index (χ4n) is 5.45. The van der Waals surface area contributed by atoms with Crippen LogP contribution in [0.4, 0.5) is 0 Å². The van der Waals surface area contributed by atoms with Crippen molar-refractivity contribution >= 4 is 60.9 Å². The van der Waals surface area contributed by atoms with Crippen molar-refractivity contribution in [3.8, 4) is 0 Å². The number of nitrogens with zero attached hydrogens (tertiary/aromatic N) is 2. The van der Waals surface area contributed by atoms with Crippen LogP contribution in [0.1, 0.15) is 12.5 Å². The summed E-state index contributed by atoms with van der Waals surface area (Å²) in [6.45, 7) is 6.02. The lowest BCUT2D eigenvalue weighted by atomic mass is 10.1. The summed E-state index contributed by atoms with van der Waals surface area (Å²) in [5.74, 6) is 0. The second-order valence-corrected chi connectivity index (χ2v) is 9.42. The van der Waals surface area contributed by atoms with Crippen LogP contribution >= 0.6 is 0 Å². The van der Waals surface area contributed by atoms with Crippen LogP contribution < -0.4 is 0 Å². The summed E-state index contributed by atoms with van der Waals surface area (Å²) >= 11 is 0. The van der Waals surface area contributed by atoms with Crippen molar-refractivity contribution in [1.82, 2.24) is 4.57 Å². The topological polar surface area (TPSA) is 30.4 Å². The highest BCUT2D eigenvalue weighted by Gasteiger charge is 2.18. The fraction of sp³-hybridized carbons (Fsp3) is 0.0286. The molecule has 6 aromatic rings. The first kappa shape index (κ1) is 22.1. The van der Waals surface area contributed by atoms with E-state index >= 15 is 0 Å². The third-order valence-electron chi connectivity index (χ3n) is 7.22. The van der Waals surface area contributed by atoms with E-state index in [9.17, 15) is 0 Å². The van der Waals surface area contributed by atoms with Gasteiger partial charge in [0.05, 0.1) is 22.4 Å². The molecule has 0 fully saturated rings. The number of fused-ring (bicyclic) bond motifs is 6. The van der Waals surface area contributed by atoms with Gasteiger partial charge in [-0.25, -0.2) is 4.99 Å². The Hall–Kier alpha value is -5.11. The van der Waals surface area contributed by atoms with E-state index in [2.05, 4.69) is 84.5 Å². The van der Waals surface area contributed by atoms with Crippen molar-refractivity contribution in [3.05, 3.63) is 139 Å². The first-order chi connectivity index (χ1) is 18.7. The van der Waals surface area contributed by atoms with Gasteiger partial charge in [-0.2, -0.15) is 0 Å². The summed E-state index contributed by atoms with van der Waals surface area (Å²) in [5.41, 5.74) is 11.7. The van der Waals surface area contributed by atoms with E-state index in [1.165, 1.54) is 10.8 Å². The minimum atomic E-state index is 0.834. The zero-order valence-corrected chi connectivity index (χ0v) is 21.0. The Kier molecular flexibility index (Phi) is 5.11. The van der Waals surface area contributed by atoms with Crippen molar-refractivity contribution in [2.24, 2.45) is 4.99 Å². The van der Waals surface area contributed by atoms with E-state index in [1.54, 1.807) is 0 Å². The maximum atomic E-state index is 6.29. The number of allylic oxidation sites excluding steroid dienone is 6. The predicted octanol–water partition coefficient (Wildman–Crippen LogP) is 9.32. The Morgan fingerprint density at radius 1 is 0.737 bits per heavy atom. The van der Waals surface area contributed by atoms with Crippen LogP contribution in [0.5, 0.6) is 0 Å². The van der Waals surface area contributed by atoms with Crippen LogP contribution in [0.15, 0.2) is 143 Å². The molecule has 0 atom stereocenters. The lowest BCUT2D eigenvalue weighted by Crippen LogP contribution is -2.03. The van der Waals surface area contributed by atoms with E-state index in [0.29, 0.717) is 0 Å². The molecule has 0 N–H and O–H groups in total. The van der Waals surface area contributed by atoms with Crippen molar-refractivity contribution < 1.29 is 4.42 Å². The van der Waals surface area contributed by atoms with Crippen LogP contribution in [0.2, 0.25) is 0 Å². The molecule has 180 valence electrons. The maximum Gasteiger partial charge on any atom is 0.137 e. The van der Waals surface area contributed by atoms with Crippen molar-refractivity contribution in [3.63, 3.8) is 0 Å². The second-order valence-electron chi connectivity index (χ2n) is 9.42. The minimum Gasteiger partial charge on any atom is -0.456 e. The van der Waals surface area contributed by atoms with Crippen molar-refractivity contribution in [1.29, 1.82) is 0 Å². The van der Waals surface area contributed by atoms with Gasteiger partial charge in [0, 0.05) is 44.4 Å². The van der Waals surface area contributed by atoms with E-state index in [0.717, 1.165) is 61.2 Å². The molecule has 7 rings (SSSR count). The lowest BCUT2D eigenvalue weighted by Gasteiger charge is -2.15. The molecule has 0 saturated carbocycles. The number of furan rings is 1. The van der Waals surface area contributed by atoms with Gasteiger partial charge >= 0.3 is 0 Å². The van der Waals surface area contributed by atoms with Gasteiger partial charge in [-0.15, -0.1) is 5.73 Å². The van der Waals surface area contributed by atoms with Crippen molar-refractivity contribution in [2.45, 2.75) is 6.92 Å². The highest BCUT2D eigenvalue weighted by molar-refractivity contribution is 6.19. The Morgan fingerprint density at radius 3 is 2.32 bits per heavy atom. The van der Waals surface area contributed by atoms with Gasteiger partial charge in [-0.3, -0.25) is 0 Å². The molecule has 0 bridgehead atoms. The summed E-state index contributed by atoms with van der Waals surface area (Å²) in [7, 11) is 0. The van der Waals surface area contributed by atoms with Crippen LogP contribution in [-0.4, -0.2) is 10.3 Å². The molecule has 1 aliphatic rings. The van der Waals surface area contributed by atoms with E-state index in [4.69, 9.17) is 9.41 Å². The van der Waals surface area contributed by atoms with E-state index in [-0.39, 0.29) is 0 Å². The number of para-hydroxylation sites is 2. The number of rotatable bonds is 3. The monoisotopic (exact) mass is 488 g/mol. The smallest absolute Gasteiger partial charge is 0.137 e. The zero-order chi connectivity index (χ0) is 25.6. The average molecular weight is 489 g/mol. The van der Waals surface area contributed by atoms with Gasteiger partial charge in [-0.05, 0) is 37.3 Å². The summed E-state index contributed by atoms with van der Waals surface area (Å²) in [6, 6.07) is 31.5. The van der Waals surface area contributed by atoms with Gasteiger partial charge in [0.15, 0.2) is 0 Å². The zero-order valence-electron chi connectivity index (χ0n) is 21.0. The molecule has 0 aliphatic heterocycles. The molecule has 3 heteroatoms. The molecule has 4 aromatic carbocycles. The molecule has 2 heterocycles. The molecule has 1 aliphatic carbocycles. The highest BCUT2D eigenvalue weighted by atomic mass is 16.3. The maximum absolute atomic E-state index is 6.29. The molecule has 0 spiro atoms. The molecule has 2 aromatic heterocycles. The number of hydrogen-bond acceptors (Lipinski definition) is 2. The Morgan fingerprint density at radius 2 is 1.47 bits per heavy atom. The number of aromatic nitrogens is 1. The van der Waals surface area contributed by atoms with Crippen LogP contribution in [0, 0.1) is 0 Å². The Labute approximate surface area is 220 Å². The van der Waals surface area contributed by atoms with Crippen LogP contribution in [0.25, 0.3) is 55.1 Å². The minimum absolute atomic E-state index is 0.834. The average Bonchev–Trinajstić information content (AvgIpc) is 3.50. The summed E-state index contributed by atoms with van der Waals surface area (Å²) in [5, 5.41) is 4.64. The third-order valence-corrected chi connectivity index (χ3v) is 7.22. The summed E-state index contributed by atoms with van der Waals surface area (Å²) < 4.78 is 8.60. The normalized spacial score (nSPS) is 15.2. The molecule has 38 heavy (non-hydrogen) atoms. The molecule has 0 saturated heterocycles. The number of benzene rings is 4. The number of aliphatic imine (C=N–C) groups is 1. The summed E-state index contributed by atoms with van der Waals surface area (Å²) in [4.78, 5) is 5.20. The molecular formula is C35H24N2O. The van der Waals surface area contributed by atoms with Crippen molar-refractivity contribution in [2.75, 3.05) is 0 Å². The van der Waals surface area contributed by atoms with E-state index in [1.807, 2.05) is 54.6 Å². The predicted molar refractivity (Wildman–Crippen MR) is 160 cm³/mol. The van der Waals surface area contributed by atoms with Gasteiger partial charge in [0.25, 0.3) is 0 Å². The summed E-state index contributed by atoms with van der Waals surface area (Å²) in [6.07, 6.45) is 7.98. The van der Waals surface area contributed by atoms with Crippen LogP contribution in [0.3, 0.4) is 0 Å². The third kappa shape index (κ3) is 3.42. The fourth-order valence-corrected chi connectivity index (χ4v) is 5.45. The molecule has 0 unspecified atom stereocenters. The first-order valence-corrected chi connectivity index (χ1v) is 12.7. The highest BCUT2D eigenvalue weighted by Crippen LogP contribution is 2.39. The first-order valence-electron chi connectivity index (χ1n) is 12.7.